The summed E-state index contributed by atoms with van der Waals surface area (Å²) < 4.78 is 0. The molecule has 0 saturated heterocycles. The van der Waals surface area contributed by atoms with Crippen LogP contribution in [-0.4, -0.2) is 24.4 Å². The fourth-order valence-electron chi connectivity index (χ4n) is 1.48. The summed E-state index contributed by atoms with van der Waals surface area (Å²) in [6, 6.07) is 3.22. The average Bonchev–Trinajstić information content (AvgIpc) is 2.76. The van der Waals surface area contributed by atoms with Crippen molar-refractivity contribution in [1.29, 1.82) is 0 Å². The van der Waals surface area contributed by atoms with Crippen molar-refractivity contribution in [3.05, 3.63) is 27.1 Å². The summed E-state index contributed by atoms with van der Waals surface area (Å²) in [7, 11) is 1.60. The Hall–Kier alpha value is -1.47. The lowest BCUT2D eigenvalue weighted by Gasteiger charge is -2.22. The van der Waals surface area contributed by atoms with E-state index in [2.05, 4.69) is 10.6 Å². The fourth-order valence-corrected chi connectivity index (χ4v) is 2.27. The molecule has 1 aromatic heterocycles. The lowest BCUT2D eigenvalue weighted by Crippen LogP contribution is -2.41. The Morgan fingerprint density at radius 2 is 2.17 bits per heavy atom. The zero-order chi connectivity index (χ0) is 13.8. The van der Waals surface area contributed by atoms with Crippen molar-refractivity contribution < 1.29 is 9.72 Å². The van der Waals surface area contributed by atoms with Crippen LogP contribution in [0.5, 0.6) is 0 Å². The molecule has 0 aliphatic rings. The smallest absolute Gasteiger partial charge is 0.324 e. The van der Waals surface area contributed by atoms with Crippen LogP contribution in [0.3, 0.4) is 0 Å². The molecule has 0 fully saturated rings. The minimum Gasteiger partial charge on any atom is -0.359 e. The van der Waals surface area contributed by atoms with Gasteiger partial charge in [0, 0.05) is 31.1 Å². The third-order valence-electron chi connectivity index (χ3n) is 2.54. The van der Waals surface area contributed by atoms with E-state index in [9.17, 15) is 14.9 Å². The molecule has 0 radical (unpaired) electrons. The summed E-state index contributed by atoms with van der Waals surface area (Å²) in [4.78, 5) is 22.5. The number of amides is 1. The highest BCUT2D eigenvalue weighted by Gasteiger charge is 2.25. The lowest BCUT2D eigenvalue weighted by molar-refractivity contribution is -0.380. The molecule has 2 N–H and O–H groups in total. The molecule has 0 saturated carbocycles. The normalized spacial score (nSPS) is 11.3. The first-order valence-electron chi connectivity index (χ1n) is 5.53. The highest BCUT2D eigenvalue weighted by molar-refractivity contribution is 7.15. The maximum Gasteiger partial charge on any atom is 0.324 e. The van der Waals surface area contributed by atoms with Gasteiger partial charge in [-0.3, -0.25) is 14.9 Å². The average molecular weight is 271 g/mol. The molecule has 0 aromatic carbocycles. The number of nitrogens with zero attached hydrogens (tertiary/aromatic N) is 1. The van der Waals surface area contributed by atoms with Crippen molar-refractivity contribution in [3.63, 3.8) is 0 Å². The molecule has 0 aliphatic carbocycles. The molecular formula is C11H17N3O3S. The molecule has 1 rings (SSSR count). The van der Waals surface area contributed by atoms with E-state index >= 15 is 0 Å². The van der Waals surface area contributed by atoms with Gasteiger partial charge in [-0.1, -0.05) is 11.3 Å². The van der Waals surface area contributed by atoms with Crippen LogP contribution in [0.15, 0.2) is 12.1 Å². The second kappa shape index (κ2) is 5.92. The number of rotatable bonds is 6. The Morgan fingerprint density at radius 1 is 1.50 bits per heavy atom. The first-order chi connectivity index (χ1) is 8.36. The van der Waals surface area contributed by atoms with Crippen LogP contribution in [0.2, 0.25) is 0 Å². The number of carbonyl (C=O) groups is 1. The first-order valence-corrected chi connectivity index (χ1v) is 6.34. The molecule has 0 spiro atoms. The maximum absolute atomic E-state index is 11.5. The minimum absolute atomic E-state index is 0.0350. The summed E-state index contributed by atoms with van der Waals surface area (Å²) in [6.07, 6.45) is 0. The van der Waals surface area contributed by atoms with Gasteiger partial charge < -0.3 is 10.6 Å². The molecule has 6 nitrogen and oxygen atoms in total. The molecule has 100 valence electrons. The molecular weight excluding hydrogens is 254 g/mol. The van der Waals surface area contributed by atoms with Crippen LogP contribution < -0.4 is 10.6 Å². The van der Waals surface area contributed by atoms with E-state index in [1.165, 1.54) is 6.07 Å². The molecule has 0 bridgehead atoms. The predicted octanol–water partition coefficient (Wildman–Crippen LogP) is 1.52. The Kier molecular flexibility index (Phi) is 4.80. The zero-order valence-electron chi connectivity index (χ0n) is 10.6. The van der Waals surface area contributed by atoms with Crippen LogP contribution in [0, 0.1) is 15.5 Å². The van der Waals surface area contributed by atoms with E-state index in [-0.39, 0.29) is 10.9 Å². The molecule has 0 atom stereocenters. The summed E-state index contributed by atoms with van der Waals surface area (Å²) >= 11 is 1.14. The topological polar surface area (TPSA) is 84.3 Å². The van der Waals surface area contributed by atoms with Gasteiger partial charge in [0.15, 0.2) is 0 Å². The molecule has 18 heavy (non-hydrogen) atoms. The van der Waals surface area contributed by atoms with E-state index in [1.807, 2.05) is 13.8 Å². The van der Waals surface area contributed by atoms with Gasteiger partial charge in [-0.15, -0.1) is 0 Å². The second-order valence-electron chi connectivity index (χ2n) is 4.56. The van der Waals surface area contributed by atoms with Crippen molar-refractivity contribution in [2.75, 3.05) is 13.6 Å². The van der Waals surface area contributed by atoms with Gasteiger partial charge in [0.1, 0.15) is 0 Å². The van der Waals surface area contributed by atoms with Crippen LogP contribution in [-0.2, 0) is 11.3 Å². The SMILES string of the molecule is CNC(=O)C(C)(C)CNCc1ccc([N+](=O)[O-])s1. The number of carbonyl (C=O) groups excluding carboxylic acids is 1. The molecule has 7 heteroatoms. The van der Waals surface area contributed by atoms with Crippen molar-refractivity contribution in [2.24, 2.45) is 5.41 Å². The van der Waals surface area contributed by atoms with E-state index in [4.69, 9.17) is 0 Å². The Labute approximate surface area is 110 Å². The van der Waals surface area contributed by atoms with Crippen molar-refractivity contribution in [2.45, 2.75) is 20.4 Å². The van der Waals surface area contributed by atoms with Gasteiger partial charge in [0.2, 0.25) is 5.91 Å². The first kappa shape index (κ1) is 14.6. The van der Waals surface area contributed by atoms with Crippen LogP contribution >= 0.6 is 11.3 Å². The van der Waals surface area contributed by atoms with Crippen molar-refractivity contribution in [3.8, 4) is 0 Å². The summed E-state index contributed by atoms with van der Waals surface area (Å²) in [5.41, 5.74) is -0.502. The fraction of sp³-hybridized carbons (Fsp3) is 0.545. The Morgan fingerprint density at radius 3 is 2.67 bits per heavy atom. The quantitative estimate of drug-likeness (QED) is 0.607. The lowest BCUT2D eigenvalue weighted by atomic mass is 9.92. The third kappa shape index (κ3) is 3.78. The summed E-state index contributed by atoms with van der Waals surface area (Å²) in [5.74, 6) is -0.0350. The van der Waals surface area contributed by atoms with Gasteiger partial charge >= 0.3 is 5.00 Å². The van der Waals surface area contributed by atoms with Crippen molar-refractivity contribution in [1.82, 2.24) is 10.6 Å². The standard InChI is InChI=1S/C11H17N3O3S/c1-11(2,10(15)12-3)7-13-6-8-4-5-9(18-8)14(16)17/h4-5,13H,6-7H2,1-3H3,(H,12,15). The van der Waals surface area contributed by atoms with E-state index in [1.54, 1.807) is 13.1 Å². The van der Waals surface area contributed by atoms with Gasteiger partial charge in [-0.05, 0) is 19.9 Å². The number of nitrogens with one attached hydrogen (secondary N) is 2. The summed E-state index contributed by atoms with van der Waals surface area (Å²) in [5, 5.41) is 16.4. The second-order valence-corrected chi connectivity index (χ2v) is 5.71. The Bertz CT molecular complexity index is 442. The monoisotopic (exact) mass is 271 g/mol. The largest absolute Gasteiger partial charge is 0.359 e. The highest BCUT2D eigenvalue weighted by Crippen LogP contribution is 2.24. The molecule has 1 heterocycles. The molecule has 1 aromatic rings. The van der Waals surface area contributed by atoms with Gasteiger partial charge in [0.05, 0.1) is 10.3 Å². The zero-order valence-corrected chi connectivity index (χ0v) is 11.5. The predicted molar refractivity (Wildman–Crippen MR) is 70.5 cm³/mol. The number of hydrogen-bond acceptors (Lipinski definition) is 5. The molecule has 0 unspecified atom stereocenters. The van der Waals surface area contributed by atoms with E-state index in [0.717, 1.165) is 16.2 Å². The third-order valence-corrected chi connectivity index (χ3v) is 3.57. The van der Waals surface area contributed by atoms with Crippen LogP contribution in [0.4, 0.5) is 5.00 Å². The highest BCUT2D eigenvalue weighted by atomic mass is 32.1. The van der Waals surface area contributed by atoms with Crippen LogP contribution in [0.25, 0.3) is 0 Å². The summed E-state index contributed by atoms with van der Waals surface area (Å²) in [6.45, 7) is 4.72. The number of hydrogen-bond donors (Lipinski definition) is 2. The molecule has 1 amide bonds. The maximum atomic E-state index is 11.5. The Balaban J connectivity index is 2.46. The van der Waals surface area contributed by atoms with E-state index in [0.29, 0.717) is 13.1 Å². The minimum atomic E-state index is -0.502. The number of nitro groups is 1. The number of thiophene rings is 1. The van der Waals surface area contributed by atoms with Crippen LogP contribution in [0.1, 0.15) is 18.7 Å². The van der Waals surface area contributed by atoms with Gasteiger partial charge in [0.25, 0.3) is 0 Å². The van der Waals surface area contributed by atoms with E-state index < -0.39 is 10.3 Å². The van der Waals surface area contributed by atoms with Gasteiger partial charge in [-0.25, -0.2) is 0 Å². The van der Waals surface area contributed by atoms with Gasteiger partial charge in [-0.2, -0.15) is 0 Å². The van der Waals surface area contributed by atoms with Crippen molar-refractivity contribution >= 4 is 22.2 Å². The molecule has 0 aliphatic heterocycles.